The number of carbonyl (C=O) groups is 1. The van der Waals surface area contributed by atoms with E-state index in [-0.39, 0.29) is 22.3 Å². The summed E-state index contributed by atoms with van der Waals surface area (Å²) in [5.41, 5.74) is 1.89. The second kappa shape index (κ2) is 5.44. The Hall–Kier alpha value is -1.82. The van der Waals surface area contributed by atoms with Gasteiger partial charge in [0.2, 0.25) is 0 Å². The third kappa shape index (κ3) is 2.78. The lowest BCUT2D eigenvalue weighted by Gasteiger charge is -2.21. The number of hydrogen-bond donors (Lipinski definition) is 1. The average molecular weight is 263 g/mol. The van der Waals surface area contributed by atoms with Crippen LogP contribution in [0, 0.1) is 29.9 Å². The first-order chi connectivity index (χ1) is 9.00. The number of carbonyl (C=O) groups excluding carboxylic acids is 1. The number of nitro groups is 1. The van der Waals surface area contributed by atoms with E-state index in [9.17, 15) is 14.9 Å². The second-order valence-electron chi connectivity index (χ2n) is 4.94. The molecule has 0 aromatic carbocycles. The number of piperidine rings is 1. The van der Waals surface area contributed by atoms with E-state index in [1.807, 2.05) is 0 Å². The van der Waals surface area contributed by atoms with Crippen molar-refractivity contribution in [2.45, 2.75) is 26.7 Å². The fourth-order valence-electron chi connectivity index (χ4n) is 2.48. The molecule has 19 heavy (non-hydrogen) atoms. The summed E-state index contributed by atoms with van der Waals surface area (Å²) in [6.07, 6.45) is 2.51. The molecular formula is C13H17N3O3. The van der Waals surface area contributed by atoms with Crippen LogP contribution in [-0.2, 0) is 11.2 Å². The van der Waals surface area contributed by atoms with Gasteiger partial charge < -0.3 is 5.32 Å². The van der Waals surface area contributed by atoms with Gasteiger partial charge in [0.1, 0.15) is 5.78 Å². The smallest absolute Gasteiger partial charge is 0.278 e. The van der Waals surface area contributed by atoms with E-state index in [0.717, 1.165) is 6.54 Å². The highest BCUT2D eigenvalue weighted by Crippen LogP contribution is 2.26. The molecule has 0 saturated carbocycles. The van der Waals surface area contributed by atoms with Crippen LogP contribution < -0.4 is 5.32 Å². The average Bonchev–Trinajstić information content (AvgIpc) is 2.35. The first kappa shape index (κ1) is 13.6. The number of rotatable bonds is 3. The summed E-state index contributed by atoms with van der Waals surface area (Å²) < 4.78 is 0. The molecule has 2 heterocycles. The number of nitrogens with one attached hydrogen (secondary N) is 1. The van der Waals surface area contributed by atoms with Crippen LogP contribution in [0.1, 0.15) is 23.2 Å². The molecule has 102 valence electrons. The standard InChI is InChI=1S/C13H17N3O3/c1-8-6-15-11(9(2)13(8)16(18)19)5-10-7-14-4-3-12(10)17/h6,10,14H,3-5,7H2,1-2H3. The maximum atomic E-state index is 11.8. The van der Waals surface area contributed by atoms with Gasteiger partial charge in [-0.2, -0.15) is 0 Å². The minimum atomic E-state index is -0.378. The van der Waals surface area contributed by atoms with Crippen LogP contribution in [0.25, 0.3) is 0 Å². The Morgan fingerprint density at radius 2 is 2.26 bits per heavy atom. The third-order valence-corrected chi connectivity index (χ3v) is 3.59. The largest absolute Gasteiger partial charge is 0.316 e. The highest BCUT2D eigenvalue weighted by molar-refractivity contribution is 5.82. The Balaban J connectivity index is 2.28. The Bertz CT molecular complexity index is 528. The lowest BCUT2D eigenvalue weighted by molar-refractivity contribution is -0.386. The van der Waals surface area contributed by atoms with E-state index in [1.54, 1.807) is 13.8 Å². The van der Waals surface area contributed by atoms with Gasteiger partial charge in [0, 0.05) is 49.2 Å². The zero-order valence-corrected chi connectivity index (χ0v) is 11.1. The van der Waals surface area contributed by atoms with E-state index in [1.165, 1.54) is 6.20 Å². The Morgan fingerprint density at radius 3 is 2.89 bits per heavy atom. The summed E-state index contributed by atoms with van der Waals surface area (Å²) in [6.45, 7) is 4.72. The second-order valence-corrected chi connectivity index (χ2v) is 4.94. The van der Waals surface area contributed by atoms with Crippen molar-refractivity contribution >= 4 is 11.5 Å². The van der Waals surface area contributed by atoms with Gasteiger partial charge in [-0.25, -0.2) is 0 Å². The van der Waals surface area contributed by atoms with Crippen LogP contribution >= 0.6 is 0 Å². The molecule has 1 saturated heterocycles. The fourth-order valence-corrected chi connectivity index (χ4v) is 2.48. The highest BCUT2D eigenvalue weighted by atomic mass is 16.6. The molecule has 2 rings (SSSR count). The predicted molar refractivity (Wildman–Crippen MR) is 70.1 cm³/mol. The molecule has 0 spiro atoms. The van der Waals surface area contributed by atoms with E-state index < -0.39 is 0 Å². The topological polar surface area (TPSA) is 85.1 Å². The number of ketones is 1. The minimum Gasteiger partial charge on any atom is -0.316 e. The third-order valence-electron chi connectivity index (χ3n) is 3.59. The SMILES string of the molecule is Cc1cnc(CC2CNCCC2=O)c(C)c1[N+](=O)[O-]. The van der Waals surface area contributed by atoms with Crippen molar-refractivity contribution in [3.63, 3.8) is 0 Å². The van der Waals surface area contributed by atoms with Crippen molar-refractivity contribution in [1.82, 2.24) is 10.3 Å². The van der Waals surface area contributed by atoms with Crippen LogP contribution in [0.5, 0.6) is 0 Å². The molecule has 0 amide bonds. The number of pyridine rings is 1. The van der Waals surface area contributed by atoms with Crippen LogP contribution in [0.15, 0.2) is 6.20 Å². The molecule has 0 radical (unpaired) electrons. The maximum Gasteiger partial charge on any atom is 0.278 e. The van der Waals surface area contributed by atoms with Gasteiger partial charge >= 0.3 is 0 Å². The van der Waals surface area contributed by atoms with Crippen LogP contribution in [-0.4, -0.2) is 28.8 Å². The summed E-state index contributed by atoms with van der Waals surface area (Å²) >= 11 is 0. The number of nitrogens with zero attached hydrogens (tertiary/aromatic N) is 2. The van der Waals surface area contributed by atoms with Gasteiger partial charge in [-0.1, -0.05) is 0 Å². The van der Waals surface area contributed by atoms with Crippen molar-refractivity contribution in [3.8, 4) is 0 Å². The molecule has 1 N–H and O–H groups in total. The van der Waals surface area contributed by atoms with Crippen LogP contribution in [0.2, 0.25) is 0 Å². The highest BCUT2D eigenvalue weighted by Gasteiger charge is 2.26. The fraction of sp³-hybridized carbons (Fsp3) is 0.538. The molecule has 6 heteroatoms. The summed E-state index contributed by atoms with van der Waals surface area (Å²) in [5, 5.41) is 14.2. The van der Waals surface area contributed by atoms with E-state index in [2.05, 4.69) is 10.3 Å². The molecule has 1 aromatic heterocycles. The van der Waals surface area contributed by atoms with E-state index in [0.29, 0.717) is 36.2 Å². The van der Waals surface area contributed by atoms with Gasteiger partial charge in [0.25, 0.3) is 5.69 Å². The lowest BCUT2D eigenvalue weighted by atomic mass is 9.91. The van der Waals surface area contributed by atoms with Gasteiger partial charge in [-0.15, -0.1) is 0 Å². The molecule has 1 unspecified atom stereocenters. The maximum absolute atomic E-state index is 11.8. The van der Waals surface area contributed by atoms with Crippen LogP contribution in [0.3, 0.4) is 0 Å². The zero-order chi connectivity index (χ0) is 14.0. The number of Topliss-reactive ketones (excluding diaryl/α,β-unsaturated/α-hetero) is 1. The molecule has 6 nitrogen and oxygen atoms in total. The lowest BCUT2D eigenvalue weighted by Crippen LogP contribution is -2.38. The molecule has 1 fully saturated rings. The van der Waals surface area contributed by atoms with E-state index in [4.69, 9.17) is 0 Å². The first-order valence-electron chi connectivity index (χ1n) is 6.33. The van der Waals surface area contributed by atoms with Crippen molar-refractivity contribution in [2.24, 2.45) is 5.92 Å². The number of hydrogen-bond acceptors (Lipinski definition) is 5. The molecule has 1 atom stereocenters. The molecule has 0 bridgehead atoms. The van der Waals surface area contributed by atoms with Crippen molar-refractivity contribution in [1.29, 1.82) is 0 Å². The first-order valence-corrected chi connectivity index (χ1v) is 6.33. The molecule has 1 aromatic rings. The normalized spacial score (nSPS) is 19.5. The Labute approximate surface area is 111 Å². The van der Waals surface area contributed by atoms with Gasteiger partial charge in [-0.3, -0.25) is 19.9 Å². The van der Waals surface area contributed by atoms with Crippen LogP contribution in [0.4, 0.5) is 5.69 Å². The Kier molecular flexibility index (Phi) is 3.90. The quantitative estimate of drug-likeness (QED) is 0.656. The molecular weight excluding hydrogens is 246 g/mol. The number of aromatic nitrogens is 1. The van der Waals surface area contributed by atoms with Gasteiger partial charge in [-0.05, 0) is 13.8 Å². The minimum absolute atomic E-state index is 0.112. The summed E-state index contributed by atoms with van der Waals surface area (Å²) in [4.78, 5) is 26.7. The summed E-state index contributed by atoms with van der Waals surface area (Å²) in [6, 6.07) is 0. The predicted octanol–water partition coefficient (Wildman–Crippen LogP) is 1.33. The van der Waals surface area contributed by atoms with Gasteiger partial charge in [0.05, 0.1) is 10.6 Å². The van der Waals surface area contributed by atoms with Crippen molar-refractivity contribution in [2.75, 3.05) is 13.1 Å². The molecule has 1 aliphatic rings. The number of aryl methyl sites for hydroxylation is 1. The van der Waals surface area contributed by atoms with E-state index >= 15 is 0 Å². The zero-order valence-electron chi connectivity index (χ0n) is 11.1. The molecule has 0 aliphatic carbocycles. The summed E-state index contributed by atoms with van der Waals surface area (Å²) in [7, 11) is 0. The van der Waals surface area contributed by atoms with Crippen molar-refractivity contribution in [3.05, 3.63) is 33.1 Å². The van der Waals surface area contributed by atoms with Crippen molar-refractivity contribution < 1.29 is 9.72 Å². The monoisotopic (exact) mass is 263 g/mol. The summed E-state index contributed by atoms with van der Waals surface area (Å²) in [5.74, 6) is 0.0884. The molecule has 1 aliphatic heterocycles. The Morgan fingerprint density at radius 1 is 1.53 bits per heavy atom. The van der Waals surface area contributed by atoms with Gasteiger partial charge in [0.15, 0.2) is 0 Å².